The molecule has 5 heteroatoms. The molecule has 1 unspecified atom stereocenters. The molecule has 1 atom stereocenters. The van der Waals surface area contributed by atoms with Crippen molar-refractivity contribution in [3.8, 4) is 11.5 Å². The first-order valence-corrected chi connectivity index (χ1v) is 8.26. The molecular formula is C16H18ClNO2S. The second-order valence-electron chi connectivity index (χ2n) is 5.06. The molecule has 2 heterocycles. The summed E-state index contributed by atoms with van der Waals surface area (Å²) in [5.74, 6) is 1.51. The Morgan fingerprint density at radius 3 is 2.57 bits per heavy atom. The average molecular weight is 324 g/mol. The van der Waals surface area contributed by atoms with Gasteiger partial charge in [0.15, 0.2) is 11.5 Å². The van der Waals surface area contributed by atoms with Crippen LogP contribution in [0.2, 0.25) is 5.02 Å². The number of ether oxygens (including phenoxy) is 2. The highest BCUT2D eigenvalue weighted by molar-refractivity contribution is 7.10. The van der Waals surface area contributed by atoms with E-state index in [0.717, 1.165) is 23.5 Å². The van der Waals surface area contributed by atoms with E-state index in [-0.39, 0.29) is 6.04 Å². The Balaban J connectivity index is 2.04. The van der Waals surface area contributed by atoms with Crippen LogP contribution in [0.15, 0.2) is 23.6 Å². The predicted octanol–water partition coefficient (Wildman–Crippen LogP) is 4.18. The number of aryl methyl sites for hydroxylation is 1. The Hall–Kier alpha value is -1.23. The Bertz CT molecular complexity index is 641. The lowest BCUT2D eigenvalue weighted by molar-refractivity contribution is 0.297. The maximum Gasteiger partial charge on any atom is 0.162 e. The lowest BCUT2D eigenvalue weighted by atomic mass is 10.0. The molecule has 1 aromatic heterocycles. The van der Waals surface area contributed by atoms with Crippen molar-refractivity contribution in [2.45, 2.75) is 19.4 Å². The van der Waals surface area contributed by atoms with Gasteiger partial charge in [0.1, 0.15) is 0 Å². The van der Waals surface area contributed by atoms with Crippen molar-refractivity contribution in [2.24, 2.45) is 0 Å². The summed E-state index contributed by atoms with van der Waals surface area (Å²) in [5.41, 5.74) is 2.29. The molecule has 0 aliphatic carbocycles. The molecule has 1 N–H and O–H groups in total. The molecule has 1 aliphatic heterocycles. The first-order valence-electron chi connectivity index (χ1n) is 7.01. The first-order chi connectivity index (χ1) is 10.2. The molecule has 3 nitrogen and oxygen atoms in total. The summed E-state index contributed by atoms with van der Waals surface area (Å²) in [4.78, 5) is 1.27. The lowest BCUT2D eigenvalue weighted by Crippen LogP contribution is -2.18. The van der Waals surface area contributed by atoms with Crippen LogP contribution in [-0.2, 0) is 0 Å². The minimum absolute atomic E-state index is 0.0645. The average Bonchev–Trinajstić information content (AvgIpc) is 2.76. The van der Waals surface area contributed by atoms with Gasteiger partial charge < -0.3 is 14.8 Å². The highest BCUT2D eigenvalue weighted by Crippen LogP contribution is 2.40. The van der Waals surface area contributed by atoms with Crippen LogP contribution in [0.4, 0.5) is 0 Å². The summed E-state index contributed by atoms with van der Waals surface area (Å²) >= 11 is 8.22. The second-order valence-corrected chi connectivity index (χ2v) is 6.42. The summed E-state index contributed by atoms with van der Waals surface area (Å²) in [6, 6.07) is 6.06. The molecule has 1 aromatic carbocycles. The minimum Gasteiger partial charge on any atom is -0.490 e. The zero-order valence-electron chi connectivity index (χ0n) is 12.1. The van der Waals surface area contributed by atoms with Crippen LogP contribution in [0.3, 0.4) is 0 Å². The maximum atomic E-state index is 6.49. The molecule has 0 saturated heterocycles. The summed E-state index contributed by atoms with van der Waals surface area (Å²) in [5, 5.41) is 6.16. The van der Waals surface area contributed by atoms with Gasteiger partial charge >= 0.3 is 0 Å². The van der Waals surface area contributed by atoms with Gasteiger partial charge in [-0.1, -0.05) is 11.6 Å². The SMILES string of the molecule is CNC(c1cc2c(cc1Cl)OCCCO2)c1sccc1C. The van der Waals surface area contributed by atoms with Gasteiger partial charge in [-0.05, 0) is 42.6 Å². The predicted molar refractivity (Wildman–Crippen MR) is 87.0 cm³/mol. The van der Waals surface area contributed by atoms with Gasteiger partial charge in [-0.3, -0.25) is 0 Å². The summed E-state index contributed by atoms with van der Waals surface area (Å²) < 4.78 is 11.5. The van der Waals surface area contributed by atoms with E-state index in [1.807, 2.05) is 19.2 Å². The van der Waals surface area contributed by atoms with Crippen LogP contribution in [0.5, 0.6) is 11.5 Å². The molecule has 3 rings (SSSR count). The highest BCUT2D eigenvalue weighted by Gasteiger charge is 2.22. The smallest absolute Gasteiger partial charge is 0.162 e. The number of benzene rings is 1. The van der Waals surface area contributed by atoms with Crippen LogP contribution >= 0.6 is 22.9 Å². The van der Waals surface area contributed by atoms with Gasteiger partial charge in [0, 0.05) is 22.4 Å². The first kappa shape index (κ1) is 14.7. The third-order valence-electron chi connectivity index (χ3n) is 3.63. The molecule has 21 heavy (non-hydrogen) atoms. The van der Waals surface area contributed by atoms with E-state index in [4.69, 9.17) is 21.1 Å². The molecule has 0 bridgehead atoms. The number of hydrogen-bond acceptors (Lipinski definition) is 4. The van der Waals surface area contributed by atoms with E-state index in [0.29, 0.717) is 18.2 Å². The fourth-order valence-electron chi connectivity index (χ4n) is 2.53. The molecule has 0 amide bonds. The number of thiophene rings is 1. The topological polar surface area (TPSA) is 30.5 Å². The van der Waals surface area contributed by atoms with Crippen LogP contribution in [0.1, 0.15) is 28.5 Å². The molecular weight excluding hydrogens is 306 g/mol. The fraction of sp³-hybridized carbons (Fsp3) is 0.375. The summed E-state index contributed by atoms with van der Waals surface area (Å²) in [7, 11) is 1.95. The van der Waals surface area contributed by atoms with Crippen molar-refractivity contribution in [1.82, 2.24) is 5.32 Å². The van der Waals surface area contributed by atoms with Crippen molar-refractivity contribution in [3.05, 3.63) is 44.6 Å². The number of nitrogens with one attached hydrogen (secondary N) is 1. The van der Waals surface area contributed by atoms with Crippen molar-refractivity contribution in [1.29, 1.82) is 0 Å². The molecule has 0 fully saturated rings. The van der Waals surface area contributed by atoms with Gasteiger partial charge in [0.05, 0.1) is 19.3 Å². The Kier molecular flexibility index (Phi) is 4.38. The normalized spacial score (nSPS) is 15.6. The van der Waals surface area contributed by atoms with E-state index in [1.165, 1.54) is 10.4 Å². The van der Waals surface area contributed by atoms with Crippen LogP contribution in [0.25, 0.3) is 0 Å². The zero-order valence-corrected chi connectivity index (χ0v) is 13.7. The highest BCUT2D eigenvalue weighted by atomic mass is 35.5. The second kappa shape index (κ2) is 6.26. The van der Waals surface area contributed by atoms with Gasteiger partial charge in [-0.25, -0.2) is 0 Å². The van der Waals surface area contributed by atoms with Crippen molar-refractivity contribution < 1.29 is 9.47 Å². The standard InChI is InChI=1S/C16H18ClNO2S/c1-10-4-7-21-16(10)15(18-2)11-8-13-14(9-12(11)17)20-6-3-5-19-13/h4,7-9,15,18H,3,5-6H2,1-2H3. The van der Waals surface area contributed by atoms with E-state index in [9.17, 15) is 0 Å². The minimum atomic E-state index is 0.0645. The molecule has 112 valence electrons. The van der Waals surface area contributed by atoms with Gasteiger partial charge in [0.25, 0.3) is 0 Å². The quantitative estimate of drug-likeness (QED) is 0.919. The Morgan fingerprint density at radius 1 is 1.24 bits per heavy atom. The summed E-state index contributed by atoms with van der Waals surface area (Å²) in [6.07, 6.45) is 0.890. The molecule has 0 saturated carbocycles. The number of fused-ring (bicyclic) bond motifs is 1. The van der Waals surface area contributed by atoms with Crippen LogP contribution in [0, 0.1) is 6.92 Å². The Morgan fingerprint density at radius 2 is 1.95 bits per heavy atom. The van der Waals surface area contributed by atoms with Crippen molar-refractivity contribution in [3.63, 3.8) is 0 Å². The maximum absolute atomic E-state index is 6.49. The van der Waals surface area contributed by atoms with Gasteiger partial charge in [-0.15, -0.1) is 11.3 Å². The van der Waals surface area contributed by atoms with Crippen molar-refractivity contribution in [2.75, 3.05) is 20.3 Å². The molecule has 2 aromatic rings. The third-order valence-corrected chi connectivity index (χ3v) is 5.04. The van der Waals surface area contributed by atoms with E-state index < -0.39 is 0 Å². The Labute approximate surface area is 133 Å². The zero-order chi connectivity index (χ0) is 14.8. The number of hydrogen-bond donors (Lipinski definition) is 1. The van der Waals surface area contributed by atoms with E-state index in [1.54, 1.807) is 11.3 Å². The molecule has 1 aliphatic rings. The largest absolute Gasteiger partial charge is 0.490 e. The number of halogens is 1. The van der Waals surface area contributed by atoms with Crippen LogP contribution in [-0.4, -0.2) is 20.3 Å². The van der Waals surface area contributed by atoms with Gasteiger partial charge in [0.2, 0.25) is 0 Å². The molecule has 0 radical (unpaired) electrons. The van der Waals surface area contributed by atoms with Gasteiger partial charge in [-0.2, -0.15) is 0 Å². The lowest BCUT2D eigenvalue weighted by Gasteiger charge is -2.20. The molecule has 0 spiro atoms. The van der Waals surface area contributed by atoms with Crippen molar-refractivity contribution >= 4 is 22.9 Å². The number of rotatable bonds is 3. The van der Waals surface area contributed by atoms with Crippen LogP contribution < -0.4 is 14.8 Å². The monoisotopic (exact) mass is 323 g/mol. The summed E-state index contributed by atoms with van der Waals surface area (Å²) in [6.45, 7) is 3.46. The third kappa shape index (κ3) is 2.89. The van der Waals surface area contributed by atoms with E-state index in [2.05, 4.69) is 23.7 Å². The fourth-order valence-corrected chi connectivity index (χ4v) is 3.85. The van der Waals surface area contributed by atoms with E-state index >= 15 is 0 Å².